The van der Waals surface area contributed by atoms with Gasteiger partial charge < -0.3 is 0 Å². The molecule has 0 aliphatic carbocycles. The van der Waals surface area contributed by atoms with Crippen LogP contribution in [0, 0.1) is 0 Å². The van der Waals surface area contributed by atoms with Crippen LogP contribution in [-0.4, -0.2) is 19.7 Å². The summed E-state index contributed by atoms with van der Waals surface area (Å²) in [7, 11) is 0. The van der Waals surface area contributed by atoms with Gasteiger partial charge in [-0.15, -0.1) is 0 Å². The van der Waals surface area contributed by atoms with Gasteiger partial charge in [0.15, 0.2) is 0 Å². The third-order valence-electron chi connectivity index (χ3n) is 1.34. The molecule has 0 aliphatic heterocycles. The van der Waals surface area contributed by atoms with E-state index in [1.165, 1.54) is 12.8 Å². The van der Waals surface area contributed by atoms with Crippen LogP contribution in [0.5, 0.6) is 0 Å². The fraction of sp³-hybridized carbons (Fsp3) is 1.00. The van der Waals surface area contributed by atoms with Gasteiger partial charge in [-0.25, -0.2) is 0 Å². The van der Waals surface area contributed by atoms with Crippen molar-refractivity contribution in [3.8, 4) is 0 Å². The molecule has 0 rings (SSSR count). The number of hydrogen-bond donors (Lipinski definition) is 0. The summed E-state index contributed by atoms with van der Waals surface area (Å²) in [6.45, 7) is 4.27. The van der Waals surface area contributed by atoms with E-state index in [0.717, 1.165) is 15.3 Å². The summed E-state index contributed by atoms with van der Waals surface area (Å²) < 4.78 is 13.2. The van der Waals surface area contributed by atoms with Crippen molar-refractivity contribution in [2.75, 3.05) is 0 Å². The number of unbranched alkanes of at least 4 members (excludes halogenated alkanes) is 1. The molecule has 0 spiro atoms. The van der Waals surface area contributed by atoms with Crippen LogP contribution >= 0.6 is 0 Å². The Balaban J connectivity index is 3.06. The molecule has 0 unspecified atom stereocenters. The Bertz CT molecular complexity index is 81.0. The van der Waals surface area contributed by atoms with Gasteiger partial charge in [-0.2, -0.15) is 0 Å². The van der Waals surface area contributed by atoms with Crippen LogP contribution in [0.4, 0.5) is 0 Å². The van der Waals surface area contributed by atoms with E-state index >= 15 is 0 Å². The van der Waals surface area contributed by atoms with E-state index in [-0.39, 0.29) is 0 Å². The van der Waals surface area contributed by atoms with E-state index in [2.05, 4.69) is 13.8 Å². The molecule has 54 valence electrons. The van der Waals surface area contributed by atoms with Crippen molar-refractivity contribution in [2.45, 2.75) is 42.0 Å². The minimum absolute atomic E-state index is 1.06. The van der Waals surface area contributed by atoms with Gasteiger partial charge in [0.1, 0.15) is 0 Å². The predicted molar refractivity (Wildman–Crippen MR) is 41.3 cm³/mol. The van der Waals surface area contributed by atoms with Crippen molar-refractivity contribution < 1.29 is 3.08 Å². The molecule has 2 heteroatoms. The summed E-state index contributed by atoms with van der Waals surface area (Å²) in [5.41, 5.74) is 0. The second-order valence-electron chi connectivity index (χ2n) is 2.39. The molecule has 0 bridgehead atoms. The average Bonchev–Trinajstić information content (AvgIpc) is 1.85. The van der Waals surface area contributed by atoms with E-state index in [9.17, 15) is 3.08 Å². The summed E-state index contributed by atoms with van der Waals surface area (Å²) in [5, 5.41) is 0. The molecule has 0 N–H and O–H groups in total. The first-order chi connectivity index (χ1) is 4.31. The minimum atomic E-state index is -1.96. The maximum atomic E-state index is 11.1. The molecule has 0 aromatic rings. The van der Waals surface area contributed by atoms with Gasteiger partial charge in [0.05, 0.1) is 0 Å². The van der Waals surface area contributed by atoms with Crippen molar-refractivity contribution in [2.24, 2.45) is 0 Å². The van der Waals surface area contributed by atoms with Gasteiger partial charge in [0.2, 0.25) is 0 Å². The fourth-order valence-corrected chi connectivity index (χ4v) is 5.22. The predicted octanol–water partition coefficient (Wildman–Crippen LogP) is 2.62. The second kappa shape index (κ2) is 6.71. The monoisotopic (exact) mass is 236 g/mol. The van der Waals surface area contributed by atoms with E-state index in [4.69, 9.17) is 0 Å². The third kappa shape index (κ3) is 6.48. The number of hydrogen-bond acceptors (Lipinski definition) is 1. The zero-order chi connectivity index (χ0) is 7.11. The van der Waals surface area contributed by atoms with Gasteiger partial charge >= 0.3 is 64.8 Å². The van der Waals surface area contributed by atoms with E-state index < -0.39 is 19.7 Å². The molecule has 1 nitrogen and oxygen atoms in total. The SMILES string of the molecule is CCC[CH2][Sn](=[O])[CH2]CC. The van der Waals surface area contributed by atoms with Crippen molar-refractivity contribution in [1.29, 1.82) is 0 Å². The average molecular weight is 235 g/mol. The summed E-state index contributed by atoms with van der Waals surface area (Å²) in [6.07, 6.45) is 3.52. The first-order valence-corrected chi connectivity index (χ1v) is 9.03. The molecule has 0 aliphatic rings. The van der Waals surface area contributed by atoms with Crippen molar-refractivity contribution in [3.63, 3.8) is 0 Å². The molecule has 0 radical (unpaired) electrons. The van der Waals surface area contributed by atoms with Crippen LogP contribution in [0.25, 0.3) is 0 Å². The van der Waals surface area contributed by atoms with Crippen molar-refractivity contribution in [3.05, 3.63) is 0 Å². The molecule has 0 heterocycles. The van der Waals surface area contributed by atoms with Gasteiger partial charge in [0, 0.05) is 0 Å². The maximum absolute atomic E-state index is 11.1. The zero-order valence-electron chi connectivity index (χ0n) is 6.44. The molecule has 0 atom stereocenters. The first-order valence-electron chi connectivity index (χ1n) is 3.83. The van der Waals surface area contributed by atoms with Crippen LogP contribution in [-0.2, 0) is 3.08 Å². The molecule has 0 aromatic carbocycles. The summed E-state index contributed by atoms with van der Waals surface area (Å²) >= 11 is -1.96. The Morgan fingerprint density at radius 2 is 1.78 bits per heavy atom. The van der Waals surface area contributed by atoms with Crippen LogP contribution in [0.2, 0.25) is 8.87 Å². The topological polar surface area (TPSA) is 17.1 Å². The van der Waals surface area contributed by atoms with E-state index in [0.29, 0.717) is 0 Å². The van der Waals surface area contributed by atoms with Gasteiger partial charge in [-0.3, -0.25) is 0 Å². The molecule has 0 fully saturated rings. The Hall–Kier alpha value is 0.599. The van der Waals surface area contributed by atoms with Crippen molar-refractivity contribution >= 4 is 19.7 Å². The third-order valence-corrected chi connectivity index (χ3v) is 6.96. The van der Waals surface area contributed by atoms with Gasteiger partial charge in [-0.1, -0.05) is 0 Å². The molecular formula is C7H16OSn. The van der Waals surface area contributed by atoms with Crippen LogP contribution in [0.1, 0.15) is 33.1 Å². The second-order valence-corrected chi connectivity index (χ2v) is 8.32. The van der Waals surface area contributed by atoms with Crippen LogP contribution < -0.4 is 0 Å². The molecule has 9 heavy (non-hydrogen) atoms. The van der Waals surface area contributed by atoms with Gasteiger partial charge in [0.25, 0.3) is 0 Å². The molecule has 0 saturated carbocycles. The standard InChI is InChI=1S/C4H9.C3H7.O.Sn/c1-3-4-2;1-3-2;;/h1,3-4H2,2H3;1,3H2,2H3;;. The Labute approximate surface area is 65.0 Å². The Morgan fingerprint density at radius 3 is 2.22 bits per heavy atom. The number of rotatable bonds is 5. The van der Waals surface area contributed by atoms with Crippen LogP contribution in [0.3, 0.4) is 0 Å². The van der Waals surface area contributed by atoms with Gasteiger partial charge in [-0.05, 0) is 0 Å². The van der Waals surface area contributed by atoms with Crippen molar-refractivity contribution in [1.82, 2.24) is 0 Å². The summed E-state index contributed by atoms with van der Waals surface area (Å²) in [5.74, 6) is 0. The molecule has 0 saturated heterocycles. The fourth-order valence-electron chi connectivity index (χ4n) is 0.778. The molecule has 0 amide bonds. The Kier molecular flexibility index (Phi) is 7.16. The first kappa shape index (κ1) is 9.60. The van der Waals surface area contributed by atoms with E-state index in [1.54, 1.807) is 0 Å². The van der Waals surface area contributed by atoms with Crippen LogP contribution in [0.15, 0.2) is 0 Å². The molecule has 0 aromatic heterocycles. The summed E-state index contributed by atoms with van der Waals surface area (Å²) in [6, 6.07) is 0. The zero-order valence-corrected chi connectivity index (χ0v) is 9.30. The van der Waals surface area contributed by atoms with E-state index in [1.807, 2.05) is 0 Å². The Morgan fingerprint density at radius 1 is 1.11 bits per heavy atom. The molecular weight excluding hydrogens is 219 g/mol. The summed E-state index contributed by atoms with van der Waals surface area (Å²) in [4.78, 5) is 0. The quantitative estimate of drug-likeness (QED) is 0.669. The normalized spacial score (nSPS) is 9.56.